The molecule has 0 aromatic heterocycles. The van der Waals surface area contributed by atoms with Crippen LogP contribution < -0.4 is 5.19 Å². The molecule has 3 heteroatoms. The standard InChI is InChI=1S/C19H22O2Si/c1-4-20-22(6-3,21-5-2)19-13-9-12-17-16-11-8-7-10-15(16)14-18(17)19/h6-13H,3-5,14H2,1-2H3. The van der Waals surface area contributed by atoms with Crippen LogP contribution in [0.5, 0.6) is 0 Å². The minimum absolute atomic E-state index is 0.634. The van der Waals surface area contributed by atoms with E-state index in [1.807, 2.05) is 19.5 Å². The van der Waals surface area contributed by atoms with Gasteiger partial charge in [-0.1, -0.05) is 42.5 Å². The van der Waals surface area contributed by atoms with Gasteiger partial charge < -0.3 is 8.85 Å². The van der Waals surface area contributed by atoms with Crippen LogP contribution in [-0.2, 0) is 15.3 Å². The quantitative estimate of drug-likeness (QED) is 0.646. The van der Waals surface area contributed by atoms with Gasteiger partial charge in [-0.15, -0.1) is 6.58 Å². The summed E-state index contributed by atoms with van der Waals surface area (Å²) >= 11 is 0. The lowest BCUT2D eigenvalue weighted by Gasteiger charge is -2.28. The largest absolute Gasteiger partial charge is 0.399 e. The van der Waals surface area contributed by atoms with Crippen LogP contribution in [-0.4, -0.2) is 21.8 Å². The van der Waals surface area contributed by atoms with Crippen molar-refractivity contribution in [3.63, 3.8) is 0 Å². The van der Waals surface area contributed by atoms with Gasteiger partial charge in [0.2, 0.25) is 0 Å². The molecule has 0 amide bonds. The molecule has 0 saturated carbocycles. The number of hydrogen-bond acceptors (Lipinski definition) is 2. The zero-order valence-electron chi connectivity index (χ0n) is 13.3. The zero-order valence-corrected chi connectivity index (χ0v) is 14.3. The molecule has 0 heterocycles. The molecule has 0 saturated heterocycles. The molecule has 0 radical (unpaired) electrons. The normalized spacial score (nSPS) is 12.8. The van der Waals surface area contributed by atoms with Crippen LogP contribution in [0, 0.1) is 0 Å². The van der Waals surface area contributed by atoms with Gasteiger partial charge in [-0.05, 0) is 48.2 Å². The number of hydrogen-bond donors (Lipinski definition) is 0. The van der Waals surface area contributed by atoms with E-state index in [-0.39, 0.29) is 0 Å². The minimum Gasteiger partial charge on any atom is -0.388 e. The highest BCUT2D eigenvalue weighted by Gasteiger charge is 2.40. The monoisotopic (exact) mass is 310 g/mol. The molecule has 0 atom stereocenters. The molecule has 0 aliphatic heterocycles. The molecule has 0 bridgehead atoms. The van der Waals surface area contributed by atoms with Crippen LogP contribution >= 0.6 is 0 Å². The average molecular weight is 310 g/mol. The first-order chi connectivity index (χ1) is 10.8. The van der Waals surface area contributed by atoms with Crippen LogP contribution in [0.15, 0.2) is 54.7 Å². The highest BCUT2D eigenvalue weighted by Crippen LogP contribution is 2.36. The summed E-state index contributed by atoms with van der Waals surface area (Å²) in [6, 6.07) is 15.1. The molecule has 0 fully saturated rings. The average Bonchev–Trinajstić information content (AvgIpc) is 2.93. The summed E-state index contributed by atoms with van der Waals surface area (Å²) in [5, 5.41) is 1.21. The molecule has 114 valence electrons. The van der Waals surface area contributed by atoms with Crippen LogP contribution in [0.1, 0.15) is 25.0 Å². The van der Waals surface area contributed by atoms with E-state index in [1.54, 1.807) is 0 Å². The molecule has 0 unspecified atom stereocenters. The topological polar surface area (TPSA) is 18.5 Å². The zero-order chi connectivity index (χ0) is 15.6. The summed E-state index contributed by atoms with van der Waals surface area (Å²) in [4.78, 5) is 0. The van der Waals surface area contributed by atoms with Gasteiger partial charge in [0.15, 0.2) is 0 Å². The number of fused-ring (bicyclic) bond motifs is 3. The fourth-order valence-electron chi connectivity index (χ4n) is 3.34. The Hall–Kier alpha value is -1.68. The summed E-state index contributed by atoms with van der Waals surface area (Å²) in [7, 11) is -2.58. The maximum absolute atomic E-state index is 6.13. The first kappa shape index (κ1) is 15.2. The number of rotatable bonds is 6. The molecule has 2 aromatic rings. The number of benzene rings is 2. The van der Waals surface area contributed by atoms with Gasteiger partial charge in [0.25, 0.3) is 0 Å². The van der Waals surface area contributed by atoms with Crippen molar-refractivity contribution in [2.75, 3.05) is 13.2 Å². The molecular weight excluding hydrogens is 288 g/mol. The van der Waals surface area contributed by atoms with E-state index in [4.69, 9.17) is 8.85 Å². The Labute approximate surface area is 133 Å². The van der Waals surface area contributed by atoms with Crippen molar-refractivity contribution >= 4 is 13.7 Å². The Bertz CT molecular complexity index is 688. The van der Waals surface area contributed by atoms with E-state index in [1.165, 1.54) is 27.4 Å². The Morgan fingerprint density at radius 1 is 1.00 bits per heavy atom. The Morgan fingerprint density at radius 3 is 2.36 bits per heavy atom. The molecule has 3 rings (SSSR count). The second-order valence-electron chi connectivity index (χ2n) is 5.40. The fourth-order valence-corrected chi connectivity index (χ4v) is 6.02. The van der Waals surface area contributed by atoms with Crippen LogP contribution in [0.25, 0.3) is 11.1 Å². The first-order valence-corrected chi connectivity index (χ1v) is 9.77. The van der Waals surface area contributed by atoms with E-state index in [9.17, 15) is 0 Å². The molecule has 2 nitrogen and oxygen atoms in total. The molecule has 1 aliphatic rings. The summed E-state index contributed by atoms with van der Waals surface area (Å²) in [6.07, 6.45) is 0.949. The molecule has 22 heavy (non-hydrogen) atoms. The van der Waals surface area contributed by atoms with Crippen molar-refractivity contribution in [3.8, 4) is 11.1 Å². The summed E-state index contributed by atoms with van der Waals surface area (Å²) in [6.45, 7) is 9.33. The van der Waals surface area contributed by atoms with Crippen molar-refractivity contribution < 1.29 is 8.85 Å². The van der Waals surface area contributed by atoms with Gasteiger partial charge >= 0.3 is 8.56 Å². The van der Waals surface area contributed by atoms with Crippen molar-refractivity contribution in [2.45, 2.75) is 20.3 Å². The van der Waals surface area contributed by atoms with Crippen molar-refractivity contribution in [2.24, 2.45) is 0 Å². The van der Waals surface area contributed by atoms with E-state index < -0.39 is 8.56 Å². The van der Waals surface area contributed by atoms with Crippen molar-refractivity contribution in [1.82, 2.24) is 0 Å². The third kappa shape index (κ3) is 2.35. The van der Waals surface area contributed by atoms with E-state index in [0.29, 0.717) is 13.2 Å². The molecular formula is C19H22O2Si. The smallest absolute Gasteiger partial charge is 0.388 e. The van der Waals surface area contributed by atoms with Crippen LogP contribution in [0.3, 0.4) is 0 Å². The summed E-state index contributed by atoms with van der Waals surface area (Å²) < 4.78 is 12.3. The Kier molecular flexibility index (Phi) is 4.29. The van der Waals surface area contributed by atoms with Gasteiger partial charge in [-0.2, -0.15) is 0 Å². The maximum Gasteiger partial charge on any atom is 0.399 e. The lowest BCUT2D eigenvalue weighted by molar-refractivity contribution is 0.207. The summed E-state index contributed by atoms with van der Waals surface area (Å²) in [5.41, 5.74) is 7.28. The second kappa shape index (κ2) is 6.21. The molecule has 0 spiro atoms. The van der Waals surface area contributed by atoms with E-state index >= 15 is 0 Å². The van der Waals surface area contributed by atoms with Crippen molar-refractivity contribution in [3.05, 3.63) is 65.9 Å². The van der Waals surface area contributed by atoms with Gasteiger partial charge in [0, 0.05) is 18.4 Å². The van der Waals surface area contributed by atoms with E-state index in [0.717, 1.165) is 6.42 Å². The lowest BCUT2D eigenvalue weighted by Crippen LogP contribution is -2.54. The molecule has 2 aromatic carbocycles. The SMILES string of the molecule is C=C[Si](OCC)(OCC)c1cccc2c1Cc1ccccc1-2. The first-order valence-electron chi connectivity index (χ1n) is 7.88. The third-order valence-corrected chi connectivity index (χ3v) is 7.40. The lowest BCUT2D eigenvalue weighted by atomic mass is 10.1. The fraction of sp³-hybridized carbons (Fsp3) is 0.263. The van der Waals surface area contributed by atoms with Crippen molar-refractivity contribution in [1.29, 1.82) is 0 Å². The van der Waals surface area contributed by atoms with E-state index in [2.05, 4.69) is 49.0 Å². The highest BCUT2D eigenvalue weighted by molar-refractivity contribution is 6.86. The maximum atomic E-state index is 6.13. The second-order valence-corrected chi connectivity index (χ2v) is 8.26. The highest BCUT2D eigenvalue weighted by atomic mass is 28.4. The third-order valence-electron chi connectivity index (χ3n) is 4.21. The van der Waals surface area contributed by atoms with Gasteiger partial charge in [-0.25, -0.2) is 0 Å². The molecule has 1 aliphatic carbocycles. The van der Waals surface area contributed by atoms with Gasteiger partial charge in [-0.3, -0.25) is 0 Å². The van der Waals surface area contributed by atoms with Gasteiger partial charge in [0.1, 0.15) is 0 Å². The Balaban J connectivity index is 2.15. The van der Waals surface area contributed by atoms with Crippen LogP contribution in [0.4, 0.5) is 0 Å². The molecule has 0 N–H and O–H groups in total. The predicted molar refractivity (Wildman–Crippen MR) is 93.5 cm³/mol. The van der Waals surface area contributed by atoms with Crippen LogP contribution in [0.2, 0.25) is 0 Å². The Morgan fingerprint density at radius 2 is 1.68 bits per heavy atom. The van der Waals surface area contributed by atoms with Gasteiger partial charge in [0.05, 0.1) is 0 Å². The summed E-state index contributed by atoms with van der Waals surface area (Å²) in [5.74, 6) is 0. The predicted octanol–water partition coefficient (Wildman–Crippen LogP) is 3.71. The minimum atomic E-state index is -2.58.